The van der Waals surface area contributed by atoms with Crippen LogP contribution >= 0.6 is 0 Å². The Labute approximate surface area is 157 Å². The largest absolute Gasteiger partial charge is 0.383 e. The van der Waals surface area contributed by atoms with Crippen LogP contribution in [-0.4, -0.2) is 19.5 Å². The van der Waals surface area contributed by atoms with Crippen molar-refractivity contribution < 1.29 is 13.2 Å². The standard InChI is InChI=1S/C20H14F3N5/c21-11-7-13(17(23)14(22)8-11)18-19(28-5-1-2-16(28)27-18)10-3-4-15-12(6-10)20(24)26-9-25-15/h3-4,6-9H,1-2,5H2,(H2,24,25,26). The fraction of sp³-hybridized carbons (Fsp3) is 0.150. The molecule has 0 aliphatic carbocycles. The molecule has 1 aliphatic rings. The van der Waals surface area contributed by atoms with Crippen molar-refractivity contribution in [1.82, 2.24) is 19.5 Å². The molecule has 0 amide bonds. The van der Waals surface area contributed by atoms with Crippen LogP contribution in [0, 0.1) is 17.5 Å². The Hall–Kier alpha value is -3.42. The summed E-state index contributed by atoms with van der Waals surface area (Å²) in [6, 6.07) is 6.89. The molecule has 0 fully saturated rings. The van der Waals surface area contributed by atoms with E-state index in [0.29, 0.717) is 47.0 Å². The molecular weight excluding hydrogens is 367 g/mol. The highest BCUT2D eigenvalue weighted by molar-refractivity contribution is 5.93. The van der Waals surface area contributed by atoms with E-state index < -0.39 is 17.5 Å². The van der Waals surface area contributed by atoms with Crippen LogP contribution in [-0.2, 0) is 13.0 Å². The summed E-state index contributed by atoms with van der Waals surface area (Å²) in [4.78, 5) is 12.7. The van der Waals surface area contributed by atoms with E-state index in [1.807, 2.05) is 10.6 Å². The normalized spacial score (nSPS) is 13.2. The van der Waals surface area contributed by atoms with Gasteiger partial charge in [-0.25, -0.2) is 28.1 Å². The lowest BCUT2D eigenvalue weighted by molar-refractivity contribution is 0.497. The highest BCUT2D eigenvalue weighted by atomic mass is 19.2. The van der Waals surface area contributed by atoms with E-state index in [1.54, 1.807) is 12.1 Å². The summed E-state index contributed by atoms with van der Waals surface area (Å²) in [6.45, 7) is 0.690. The molecule has 0 spiro atoms. The molecule has 2 aromatic heterocycles. The molecule has 140 valence electrons. The zero-order chi connectivity index (χ0) is 19.4. The van der Waals surface area contributed by atoms with Crippen molar-refractivity contribution in [3.63, 3.8) is 0 Å². The number of rotatable bonds is 2. The van der Waals surface area contributed by atoms with Crippen molar-refractivity contribution >= 4 is 16.7 Å². The number of aryl methyl sites for hydroxylation is 1. The molecule has 5 nitrogen and oxygen atoms in total. The maximum atomic E-state index is 14.5. The lowest BCUT2D eigenvalue weighted by Crippen LogP contribution is -1.99. The van der Waals surface area contributed by atoms with Crippen LogP contribution in [0.5, 0.6) is 0 Å². The molecule has 4 aromatic rings. The lowest BCUT2D eigenvalue weighted by Gasteiger charge is -2.11. The van der Waals surface area contributed by atoms with E-state index in [2.05, 4.69) is 15.0 Å². The van der Waals surface area contributed by atoms with Gasteiger partial charge in [-0.3, -0.25) is 0 Å². The minimum atomic E-state index is -1.25. The highest BCUT2D eigenvalue weighted by Gasteiger charge is 2.26. The minimum Gasteiger partial charge on any atom is -0.383 e. The highest BCUT2D eigenvalue weighted by Crippen LogP contribution is 2.38. The molecule has 5 rings (SSSR count). The van der Waals surface area contributed by atoms with Crippen molar-refractivity contribution in [2.45, 2.75) is 19.4 Å². The number of nitrogen functional groups attached to an aromatic ring is 1. The van der Waals surface area contributed by atoms with E-state index in [4.69, 9.17) is 5.73 Å². The van der Waals surface area contributed by atoms with E-state index in [0.717, 1.165) is 18.3 Å². The average molecular weight is 381 g/mol. The average Bonchev–Trinajstić information content (AvgIpc) is 3.26. The van der Waals surface area contributed by atoms with Crippen molar-refractivity contribution in [3.8, 4) is 22.5 Å². The Morgan fingerprint density at radius 3 is 2.75 bits per heavy atom. The van der Waals surface area contributed by atoms with Crippen LogP contribution in [0.2, 0.25) is 0 Å². The van der Waals surface area contributed by atoms with E-state index in [9.17, 15) is 13.2 Å². The van der Waals surface area contributed by atoms with Gasteiger partial charge in [-0.05, 0) is 24.6 Å². The summed E-state index contributed by atoms with van der Waals surface area (Å²) in [6.07, 6.45) is 2.99. The number of anilines is 1. The predicted molar refractivity (Wildman–Crippen MR) is 98.8 cm³/mol. The molecule has 0 unspecified atom stereocenters. The molecule has 0 bridgehead atoms. The number of hydrogen-bond donors (Lipinski definition) is 1. The fourth-order valence-electron chi connectivity index (χ4n) is 3.76. The number of aromatic nitrogens is 4. The van der Waals surface area contributed by atoms with Gasteiger partial charge in [0.25, 0.3) is 0 Å². The smallest absolute Gasteiger partial charge is 0.168 e. The number of benzene rings is 2. The minimum absolute atomic E-state index is 0.202. The first-order valence-corrected chi connectivity index (χ1v) is 8.78. The van der Waals surface area contributed by atoms with Gasteiger partial charge in [0.2, 0.25) is 0 Å². The maximum absolute atomic E-state index is 14.5. The van der Waals surface area contributed by atoms with Gasteiger partial charge in [-0.15, -0.1) is 0 Å². The number of imidazole rings is 1. The van der Waals surface area contributed by atoms with Gasteiger partial charge >= 0.3 is 0 Å². The number of halogens is 3. The first kappa shape index (κ1) is 16.7. The zero-order valence-corrected chi connectivity index (χ0v) is 14.6. The van der Waals surface area contributed by atoms with Crippen LogP contribution in [0.3, 0.4) is 0 Å². The Bertz CT molecular complexity index is 1250. The molecular formula is C20H14F3N5. The third kappa shape index (κ3) is 2.45. The van der Waals surface area contributed by atoms with E-state index in [-0.39, 0.29) is 11.3 Å². The zero-order valence-electron chi connectivity index (χ0n) is 14.6. The van der Waals surface area contributed by atoms with Crippen molar-refractivity contribution in [2.75, 3.05) is 5.73 Å². The molecule has 8 heteroatoms. The quantitative estimate of drug-likeness (QED) is 0.531. The molecule has 0 atom stereocenters. The summed E-state index contributed by atoms with van der Waals surface area (Å²) in [5, 5.41) is 0.644. The summed E-state index contributed by atoms with van der Waals surface area (Å²) >= 11 is 0. The first-order valence-electron chi connectivity index (χ1n) is 8.78. The summed E-state index contributed by atoms with van der Waals surface area (Å²) < 4.78 is 44.1. The molecule has 28 heavy (non-hydrogen) atoms. The molecule has 2 N–H and O–H groups in total. The second kappa shape index (κ2) is 6.05. The van der Waals surface area contributed by atoms with Crippen LogP contribution < -0.4 is 5.73 Å². The van der Waals surface area contributed by atoms with Crippen molar-refractivity contribution in [3.05, 3.63) is 59.9 Å². The summed E-state index contributed by atoms with van der Waals surface area (Å²) in [7, 11) is 0. The van der Waals surface area contributed by atoms with Crippen LogP contribution in [0.25, 0.3) is 33.4 Å². The Morgan fingerprint density at radius 2 is 1.89 bits per heavy atom. The van der Waals surface area contributed by atoms with Gasteiger partial charge in [-0.2, -0.15) is 0 Å². The number of nitrogens with two attached hydrogens (primary N) is 1. The number of hydrogen-bond acceptors (Lipinski definition) is 4. The lowest BCUT2D eigenvalue weighted by atomic mass is 10.0. The third-order valence-corrected chi connectivity index (χ3v) is 5.02. The third-order valence-electron chi connectivity index (χ3n) is 5.02. The number of nitrogens with zero attached hydrogens (tertiary/aromatic N) is 4. The van der Waals surface area contributed by atoms with Gasteiger partial charge in [0, 0.05) is 35.5 Å². The van der Waals surface area contributed by atoms with Crippen LogP contribution in [0.1, 0.15) is 12.2 Å². The SMILES string of the molecule is Nc1ncnc2ccc(-c3c(-c4cc(F)cc(F)c4F)nc4n3CCC4)cc12. The summed E-state index contributed by atoms with van der Waals surface area (Å²) in [5.41, 5.74) is 7.95. The molecule has 0 radical (unpaired) electrons. The van der Waals surface area contributed by atoms with Gasteiger partial charge < -0.3 is 10.3 Å². The van der Waals surface area contributed by atoms with Gasteiger partial charge in [0.15, 0.2) is 11.6 Å². The van der Waals surface area contributed by atoms with Gasteiger partial charge in [0.05, 0.1) is 16.9 Å². The molecule has 2 aromatic carbocycles. The second-order valence-corrected chi connectivity index (χ2v) is 6.72. The molecule has 3 heterocycles. The molecule has 0 saturated heterocycles. The second-order valence-electron chi connectivity index (χ2n) is 6.72. The molecule has 1 aliphatic heterocycles. The summed E-state index contributed by atoms with van der Waals surface area (Å²) in [5.74, 6) is -2.15. The topological polar surface area (TPSA) is 69.6 Å². The van der Waals surface area contributed by atoms with Crippen molar-refractivity contribution in [2.24, 2.45) is 0 Å². The Morgan fingerprint density at radius 1 is 1.04 bits per heavy atom. The van der Waals surface area contributed by atoms with E-state index >= 15 is 0 Å². The van der Waals surface area contributed by atoms with Crippen molar-refractivity contribution in [1.29, 1.82) is 0 Å². The Balaban J connectivity index is 1.81. The van der Waals surface area contributed by atoms with Gasteiger partial charge in [-0.1, -0.05) is 6.07 Å². The van der Waals surface area contributed by atoms with Crippen LogP contribution in [0.15, 0.2) is 36.7 Å². The fourth-order valence-corrected chi connectivity index (χ4v) is 3.76. The van der Waals surface area contributed by atoms with E-state index in [1.165, 1.54) is 6.33 Å². The van der Waals surface area contributed by atoms with Crippen LogP contribution in [0.4, 0.5) is 19.0 Å². The number of fused-ring (bicyclic) bond motifs is 2. The maximum Gasteiger partial charge on any atom is 0.168 e. The first-order chi connectivity index (χ1) is 13.5. The predicted octanol–water partition coefficient (Wildman–Crippen LogP) is 4.11. The van der Waals surface area contributed by atoms with Gasteiger partial charge in [0.1, 0.15) is 23.8 Å². The Kier molecular flexibility index (Phi) is 3.61. The molecule has 0 saturated carbocycles. The monoisotopic (exact) mass is 381 g/mol.